The highest BCUT2D eigenvalue weighted by atomic mass is 35.5. The summed E-state index contributed by atoms with van der Waals surface area (Å²) in [5, 5.41) is 12.3. The molecular formula is C37H35ClF2N6O3. The van der Waals surface area contributed by atoms with Crippen LogP contribution in [0.2, 0.25) is 0 Å². The highest BCUT2D eigenvalue weighted by Gasteiger charge is 2.47. The fraction of sp³-hybridized carbons (Fsp3) is 0.351. The number of ether oxygens (including phenoxy) is 1. The Hall–Kier alpha value is -4.47. The number of aromatic nitrogens is 2. The molecule has 0 bridgehead atoms. The zero-order valence-electron chi connectivity index (χ0n) is 27.1. The average Bonchev–Trinajstić information content (AvgIpc) is 3.50. The van der Waals surface area contributed by atoms with Crippen LogP contribution in [0, 0.1) is 18.3 Å². The highest BCUT2D eigenvalue weighted by molar-refractivity contribution is 6.28. The Labute approximate surface area is 287 Å². The molecule has 0 saturated carbocycles. The molecule has 2 unspecified atom stereocenters. The second kappa shape index (κ2) is 13.4. The van der Waals surface area contributed by atoms with Crippen LogP contribution in [-0.4, -0.2) is 76.7 Å². The van der Waals surface area contributed by atoms with Gasteiger partial charge in [-0.25, -0.2) is 13.8 Å². The SMILES string of the molecule is COCc1cc(C(=O)NC2(c3nc4cc(CN5CC(F)C5)cc(C#N)c4o3)C=CC=C(c3ccccc3C)C2Cl)ncc1CN1CC(F)C1. The van der Waals surface area contributed by atoms with Gasteiger partial charge in [-0.2, -0.15) is 5.26 Å². The van der Waals surface area contributed by atoms with Crippen LogP contribution in [-0.2, 0) is 30.0 Å². The quantitative estimate of drug-likeness (QED) is 0.211. The number of halogens is 3. The molecule has 12 heteroatoms. The number of hydrogen-bond acceptors (Lipinski definition) is 8. The monoisotopic (exact) mass is 684 g/mol. The number of carbonyl (C=O) groups excluding carboxylic acids is 1. The molecule has 3 aliphatic rings. The maximum absolute atomic E-state index is 14.2. The Balaban J connectivity index is 1.28. The largest absolute Gasteiger partial charge is 0.436 e. The van der Waals surface area contributed by atoms with E-state index in [4.69, 9.17) is 25.7 Å². The summed E-state index contributed by atoms with van der Waals surface area (Å²) in [6.07, 6.45) is 5.39. The van der Waals surface area contributed by atoms with Gasteiger partial charge in [0.05, 0.1) is 17.5 Å². The van der Waals surface area contributed by atoms with E-state index in [0.29, 0.717) is 44.8 Å². The summed E-state index contributed by atoms with van der Waals surface area (Å²) < 4.78 is 38.8. The van der Waals surface area contributed by atoms with Gasteiger partial charge in [0, 0.05) is 52.6 Å². The van der Waals surface area contributed by atoms with Crippen molar-refractivity contribution in [2.24, 2.45) is 0 Å². The summed E-state index contributed by atoms with van der Waals surface area (Å²) in [7, 11) is 1.57. The number of carbonyl (C=O) groups is 1. The van der Waals surface area contributed by atoms with Gasteiger partial charge in [-0.3, -0.25) is 19.6 Å². The number of methoxy groups -OCH3 is 1. The number of pyridine rings is 1. The number of nitrogens with one attached hydrogen (secondary N) is 1. The lowest BCUT2D eigenvalue weighted by Gasteiger charge is -2.37. The number of rotatable bonds is 10. The summed E-state index contributed by atoms with van der Waals surface area (Å²) in [6.45, 7) is 4.56. The van der Waals surface area contributed by atoms with E-state index < -0.39 is 29.2 Å². The van der Waals surface area contributed by atoms with Crippen molar-refractivity contribution in [1.29, 1.82) is 5.26 Å². The third kappa shape index (κ3) is 6.37. The van der Waals surface area contributed by atoms with Crippen LogP contribution in [0.1, 0.15) is 49.8 Å². The molecule has 4 aromatic rings. The third-order valence-electron chi connectivity index (χ3n) is 9.35. The van der Waals surface area contributed by atoms with Gasteiger partial charge in [0.25, 0.3) is 5.91 Å². The van der Waals surface area contributed by atoms with Gasteiger partial charge in [0.15, 0.2) is 11.1 Å². The molecule has 4 heterocycles. The summed E-state index contributed by atoms with van der Waals surface area (Å²) in [6, 6.07) is 15.2. The molecule has 2 aliphatic heterocycles. The van der Waals surface area contributed by atoms with Crippen LogP contribution in [0.15, 0.2) is 71.3 Å². The van der Waals surface area contributed by atoms with Crippen molar-refractivity contribution in [1.82, 2.24) is 25.1 Å². The molecule has 0 spiro atoms. The number of likely N-dealkylation sites (tertiary alicyclic amines) is 2. The molecular weight excluding hydrogens is 650 g/mol. The van der Waals surface area contributed by atoms with Crippen molar-refractivity contribution in [3.05, 3.63) is 112 Å². The molecule has 1 N–H and O–H groups in total. The second-order valence-corrected chi connectivity index (χ2v) is 13.4. The Kier molecular flexibility index (Phi) is 9.07. The van der Waals surface area contributed by atoms with Crippen molar-refractivity contribution in [2.75, 3.05) is 33.3 Å². The van der Waals surface area contributed by atoms with E-state index in [1.165, 1.54) is 0 Å². The molecule has 49 heavy (non-hydrogen) atoms. The number of nitrogens with zero attached hydrogens (tertiary/aromatic N) is 5. The van der Waals surface area contributed by atoms with Gasteiger partial charge in [-0.1, -0.05) is 36.4 Å². The van der Waals surface area contributed by atoms with Gasteiger partial charge in [-0.15, -0.1) is 11.6 Å². The predicted molar refractivity (Wildman–Crippen MR) is 181 cm³/mol. The van der Waals surface area contributed by atoms with Crippen LogP contribution in [0.3, 0.4) is 0 Å². The van der Waals surface area contributed by atoms with E-state index in [0.717, 1.165) is 33.4 Å². The van der Waals surface area contributed by atoms with Crippen molar-refractivity contribution in [3.8, 4) is 6.07 Å². The molecule has 1 amide bonds. The van der Waals surface area contributed by atoms with Gasteiger partial charge >= 0.3 is 0 Å². The Morgan fingerprint density at radius 1 is 1.12 bits per heavy atom. The molecule has 252 valence electrons. The first-order chi connectivity index (χ1) is 23.7. The van der Waals surface area contributed by atoms with E-state index in [-0.39, 0.29) is 29.3 Å². The van der Waals surface area contributed by atoms with Crippen LogP contribution in [0.5, 0.6) is 0 Å². The standard InChI is InChI=1S/C37H35ClF2N6O3/c1-22-6-3-4-7-29(22)30-8-5-9-37(34(30)38,36-43-31-11-23(15-45-17-27(39)18-45)10-24(13-41)33(31)49-36)44-35(47)32-12-25(21-48-2)26(14-42-32)16-46-19-28(40)20-46/h3-12,14,27-28,34H,15-21H2,1-2H3,(H,44,47). The van der Waals surface area contributed by atoms with Gasteiger partial charge in [0.1, 0.15) is 29.6 Å². The zero-order valence-corrected chi connectivity index (χ0v) is 27.9. The van der Waals surface area contributed by atoms with E-state index >= 15 is 0 Å². The van der Waals surface area contributed by atoms with Crippen molar-refractivity contribution >= 4 is 34.2 Å². The van der Waals surface area contributed by atoms with E-state index in [1.807, 2.05) is 59.2 Å². The number of benzene rings is 2. The maximum atomic E-state index is 14.2. The van der Waals surface area contributed by atoms with E-state index in [9.17, 15) is 18.8 Å². The smallest absolute Gasteiger partial charge is 0.271 e. The lowest BCUT2D eigenvalue weighted by atomic mass is 9.81. The minimum Gasteiger partial charge on any atom is -0.436 e. The molecule has 7 rings (SSSR count). The molecule has 1 aliphatic carbocycles. The van der Waals surface area contributed by atoms with Crippen molar-refractivity contribution in [2.45, 2.75) is 49.9 Å². The number of amides is 1. The topological polar surface area (TPSA) is 108 Å². The highest BCUT2D eigenvalue weighted by Crippen LogP contribution is 2.43. The van der Waals surface area contributed by atoms with Crippen LogP contribution < -0.4 is 5.32 Å². The number of alkyl halides is 3. The number of oxazole rings is 1. The first-order valence-electron chi connectivity index (χ1n) is 16.1. The average molecular weight is 685 g/mol. The van der Waals surface area contributed by atoms with Crippen LogP contribution in [0.25, 0.3) is 16.7 Å². The van der Waals surface area contributed by atoms with Crippen molar-refractivity contribution in [3.63, 3.8) is 0 Å². The van der Waals surface area contributed by atoms with E-state index in [1.54, 1.807) is 31.5 Å². The van der Waals surface area contributed by atoms with Crippen molar-refractivity contribution < 1.29 is 22.7 Å². The summed E-state index contributed by atoms with van der Waals surface area (Å²) in [5.74, 6) is -0.431. The van der Waals surface area contributed by atoms with E-state index in [2.05, 4.69) is 16.4 Å². The first kappa shape index (κ1) is 33.0. The Bertz CT molecular complexity index is 2010. The van der Waals surface area contributed by atoms with Gasteiger partial charge < -0.3 is 14.5 Å². The summed E-state index contributed by atoms with van der Waals surface area (Å²) in [5.41, 5.74) is 4.62. The fourth-order valence-corrected chi connectivity index (χ4v) is 7.14. The number of allylic oxidation sites excluding steroid dienone is 2. The molecule has 2 aromatic carbocycles. The minimum absolute atomic E-state index is 0.0972. The minimum atomic E-state index is -1.49. The fourth-order valence-electron chi connectivity index (χ4n) is 6.73. The third-order valence-corrected chi connectivity index (χ3v) is 9.93. The molecule has 2 saturated heterocycles. The maximum Gasteiger partial charge on any atom is 0.271 e. The molecule has 2 aromatic heterocycles. The first-order valence-corrected chi connectivity index (χ1v) is 16.6. The molecule has 2 atom stereocenters. The summed E-state index contributed by atoms with van der Waals surface area (Å²) >= 11 is 7.40. The zero-order chi connectivity index (χ0) is 34.3. The van der Waals surface area contributed by atoms with Crippen LogP contribution >= 0.6 is 11.6 Å². The lowest BCUT2D eigenvalue weighted by molar-refractivity contribution is 0.0582. The second-order valence-electron chi connectivity index (χ2n) is 13.0. The summed E-state index contributed by atoms with van der Waals surface area (Å²) in [4.78, 5) is 27.4. The Morgan fingerprint density at radius 3 is 2.55 bits per heavy atom. The molecule has 9 nitrogen and oxygen atoms in total. The number of nitriles is 1. The molecule has 0 radical (unpaired) electrons. The normalized spacial score (nSPS) is 21.6. The Morgan fingerprint density at radius 2 is 1.86 bits per heavy atom. The van der Waals surface area contributed by atoms with Gasteiger partial charge in [-0.05, 0) is 64.6 Å². The van der Waals surface area contributed by atoms with Gasteiger partial charge in [0.2, 0.25) is 5.89 Å². The number of aryl methyl sites for hydroxylation is 1. The van der Waals surface area contributed by atoms with Crippen LogP contribution in [0.4, 0.5) is 8.78 Å². The number of fused-ring (bicyclic) bond motifs is 1. The number of hydrogen-bond donors (Lipinski definition) is 1. The molecule has 2 fully saturated rings. The lowest BCUT2D eigenvalue weighted by Crippen LogP contribution is -2.52. The predicted octanol–water partition coefficient (Wildman–Crippen LogP) is 5.74.